The SMILES string of the molecule is CCOC(=O)Cn1nc(-c2ccc(SC)cc2)c(C)c1O. The Balaban J connectivity index is 2.30. The number of carbonyl (C=O) groups is 1. The first-order chi connectivity index (χ1) is 10.1. The largest absolute Gasteiger partial charge is 0.493 e. The van der Waals surface area contributed by atoms with Gasteiger partial charge in [0.2, 0.25) is 5.88 Å². The number of carbonyl (C=O) groups excluding carboxylic acids is 1. The number of benzene rings is 1. The van der Waals surface area contributed by atoms with Crippen LogP contribution in [-0.2, 0) is 16.1 Å². The molecule has 1 N–H and O–H groups in total. The van der Waals surface area contributed by atoms with Gasteiger partial charge in [0.25, 0.3) is 0 Å². The normalized spacial score (nSPS) is 10.6. The maximum atomic E-state index is 11.5. The van der Waals surface area contributed by atoms with E-state index in [0.717, 1.165) is 10.5 Å². The molecule has 1 aromatic heterocycles. The summed E-state index contributed by atoms with van der Waals surface area (Å²) in [4.78, 5) is 12.7. The molecule has 0 aliphatic carbocycles. The van der Waals surface area contributed by atoms with E-state index in [4.69, 9.17) is 4.74 Å². The van der Waals surface area contributed by atoms with Gasteiger partial charge in [0.05, 0.1) is 12.3 Å². The van der Waals surface area contributed by atoms with Gasteiger partial charge in [-0.1, -0.05) is 12.1 Å². The molecular weight excluding hydrogens is 288 g/mol. The Morgan fingerprint density at radius 2 is 2.05 bits per heavy atom. The number of ether oxygens (including phenoxy) is 1. The minimum Gasteiger partial charge on any atom is -0.493 e. The Kier molecular flexibility index (Phi) is 4.90. The topological polar surface area (TPSA) is 64.4 Å². The smallest absolute Gasteiger partial charge is 0.327 e. The summed E-state index contributed by atoms with van der Waals surface area (Å²) in [6.07, 6.45) is 2.01. The molecule has 0 fully saturated rings. The van der Waals surface area contributed by atoms with Crippen molar-refractivity contribution in [3.63, 3.8) is 0 Å². The number of thioether (sulfide) groups is 1. The number of aromatic nitrogens is 2. The molecule has 0 amide bonds. The van der Waals surface area contributed by atoms with Crippen LogP contribution >= 0.6 is 11.8 Å². The fourth-order valence-corrected chi connectivity index (χ4v) is 2.41. The van der Waals surface area contributed by atoms with Crippen LogP contribution in [0, 0.1) is 6.92 Å². The lowest BCUT2D eigenvalue weighted by Gasteiger charge is -2.02. The third kappa shape index (κ3) is 3.39. The lowest BCUT2D eigenvalue weighted by atomic mass is 10.1. The van der Waals surface area contributed by atoms with Crippen LogP contribution in [0.4, 0.5) is 0 Å². The first-order valence-corrected chi connectivity index (χ1v) is 7.85. The average Bonchev–Trinajstić information content (AvgIpc) is 2.76. The van der Waals surface area contributed by atoms with Crippen molar-refractivity contribution in [3.05, 3.63) is 29.8 Å². The molecule has 0 aliphatic rings. The van der Waals surface area contributed by atoms with Crippen molar-refractivity contribution in [2.24, 2.45) is 0 Å². The third-order valence-electron chi connectivity index (χ3n) is 3.10. The molecule has 0 unspecified atom stereocenters. The molecule has 2 aromatic rings. The van der Waals surface area contributed by atoms with Gasteiger partial charge in [0, 0.05) is 16.0 Å². The van der Waals surface area contributed by atoms with Crippen LogP contribution in [0.5, 0.6) is 5.88 Å². The fraction of sp³-hybridized carbons (Fsp3) is 0.333. The van der Waals surface area contributed by atoms with Gasteiger partial charge in [0.15, 0.2) is 0 Å². The van der Waals surface area contributed by atoms with Gasteiger partial charge in [-0.15, -0.1) is 11.8 Å². The quantitative estimate of drug-likeness (QED) is 0.680. The van der Waals surface area contributed by atoms with E-state index in [9.17, 15) is 9.90 Å². The van der Waals surface area contributed by atoms with Crippen LogP contribution in [0.2, 0.25) is 0 Å². The maximum Gasteiger partial charge on any atom is 0.327 e. The minimum atomic E-state index is -0.417. The summed E-state index contributed by atoms with van der Waals surface area (Å²) >= 11 is 1.66. The lowest BCUT2D eigenvalue weighted by molar-refractivity contribution is -0.144. The highest BCUT2D eigenvalue weighted by Gasteiger charge is 2.17. The predicted molar refractivity (Wildman–Crippen MR) is 82.5 cm³/mol. The first kappa shape index (κ1) is 15.4. The van der Waals surface area contributed by atoms with Crippen molar-refractivity contribution in [2.75, 3.05) is 12.9 Å². The first-order valence-electron chi connectivity index (χ1n) is 6.63. The van der Waals surface area contributed by atoms with E-state index in [1.807, 2.05) is 30.5 Å². The van der Waals surface area contributed by atoms with E-state index >= 15 is 0 Å². The molecule has 21 heavy (non-hydrogen) atoms. The second-order valence-electron chi connectivity index (χ2n) is 4.49. The molecule has 6 heteroatoms. The lowest BCUT2D eigenvalue weighted by Crippen LogP contribution is -2.14. The van der Waals surface area contributed by atoms with E-state index in [-0.39, 0.29) is 12.4 Å². The van der Waals surface area contributed by atoms with Crippen molar-refractivity contribution < 1.29 is 14.6 Å². The summed E-state index contributed by atoms with van der Waals surface area (Å²) in [5.74, 6) is -0.424. The summed E-state index contributed by atoms with van der Waals surface area (Å²) in [7, 11) is 0. The summed E-state index contributed by atoms with van der Waals surface area (Å²) < 4.78 is 6.14. The molecule has 0 aliphatic heterocycles. The van der Waals surface area contributed by atoms with Gasteiger partial charge in [0.1, 0.15) is 6.54 Å². The number of esters is 1. The van der Waals surface area contributed by atoms with Crippen molar-refractivity contribution in [1.29, 1.82) is 0 Å². The molecular formula is C15H18N2O3S. The molecule has 0 saturated carbocycles. The van der Waals surface area contributed by atoms with Crippen molar-refractivity contribution in [3.8, 4) is 17.1 Å². The van der Waals surface area contributed by atoms with Gasteiger partial charge in [-0.2, -0.15) is 5.10 Å². The molecule has 1 aromatic carbocycles. The zero-order valence-electron chi connectivity index (χ0n) is 12.3. The van der Waals surface area contributed by atoms with Gasteiger partial charge >= 0.3 is 5.97 Å². The van der Waals surface area contributed by atoms with Crippen LogP contribution in [0.15, 0.2) is 29.2 Å². The van der Waals surface area contributed by atoms with Gasteiger partial charge in [-0.05, 0) is 32.2 Å². The van der Waals surface area contributed by atoms with Gasteiger partial charge in [-0.25, -0.2) is 4.68 Å². The Labute approximate surface area is 127 Å². The molecule has 5 nitrogen and oxygen atoms in total. The number of rotatable bonds is 5. The third-order valence-corrected chi connectivity index (χ3v) is 3.85. The van der Waals surface area contributed by atoms with E-state index in [1.54, 1.807) is 25.6 Å². The molecule has 0 bridgehead atoms. The zero-order chi connectivity index (χ0) is 15.4. The highest BCUT2D eigenvalue weighted by atomic mass is 32.2. The van der Waals surface area contributed by atoms with Crippen LogP contribution < -0.4 is 0 Å². The van der Waals surface area contributed by atoms with E-state index in [0.29, 0.717) is 17.9 Å². The number of hydrogen-bond acceptors (Lipinski definition) is 5. The highest BCUT2D eigenvalue weighted by Crippen LogP contribution is 2.30. The maximum absolute atomic E-state index is 11.5. The average molecular weight is 306 g/mol. The Bertz CT molecular complexity index is 635. The number of hydrogen-bond donors (Lipinski definition) is 1. The van der Waals surface area contributed by atoms with Crippen molar-refractivity contribution in [2.45, 2.75) is 25.3 Å². The second-order valence-corrected chi connectivity index (χ2v) is 5.37. The molecule has 112 valence electrons. The molecule has 2 rings (SSSR count). The van der Waals surface area contributed by atoms with E-state index < -0.39 is 5.97 Å². The minimum absolute atomic E-state index is 0.00741. The van der Waals surface area contributed by atoms with Crippen LogP contribution in [-0.4, -0.2) is 33.7 Å². The number of aromatic hydroxyl groups is 1. The Hall–Kier alpha value is -1.95. The van der Waals surface area contributed by atoms with E-state index in [2.05, 4.69) is 5.10 Å². The second kappa shape index (κ2) is 6.67. The zero-order valence-corrected chi connectivity index (χ0v) is 13.1. The summed E-state index contributed by atoms with van der Waals surface area (Å²) in [5, 5.41) is 14.4. The van der Waals surface area contributed by atoms with Gasteiger partial charge in [-0.3, -0.25) is 4.79 Å². The standard InChI is InChI=1S/C15H18N2O3S/c1-4-20-13(18)9-17-15(19)10(2)14(16-17)11-5-7-12(21-3)8-6-11/h5-8,19H,4,9H2,1-3H3. The highest BCUT2D eigenvalue weighted by molar-refractivity contribution is 7.98. The number of nitrogens with zero attached hydrogens (tertiary/aromatic N) is 2. The molecule has 1 heterocycles. The fourth-order valence-electron chi connectivity index (χ4n) is 2.00. The Morgan fingerprint density at radius 3 is 2.62 bits per heavy atom. The summed E-state index contributed by atoms with van der Waals surface area (Å²) in [5.41, 5.74) is 2.23. The van der Waals surface area contributed by atoms with Crippen LogP contribution in [0.25, 0.3) is 11.3 Å². The van der Waals surface area contributed by atoms with E-state index in [1.165, 1.54) is 4.68 Å². The predicted octanol–water partition coefficient (Wildman–Crippen LogP) is 2.85. The summed E-state index contributed by atoms with van der Waals surface area (Å²) in [6, 6.07) is 7.91. The van der Waals surface area contributed by atoms with Crippen LogP contribution in [0.3, 0.4) is 0 Å². The Morgan fingerprint density at radius 1 is 1.38 bits per heavy atom. The van der Waals surface area contributed by atoms with Crippen LogP contribution in [0.1, 0.15) is 12.5 Å². The van der Waals surface area contributed by atoms with Crippen molar-refractivity contribution >= 4 is 17.7 Å². The molecule has 0 saturated heterocycles. The monoisotopic (exact) mass is 306 g/mol. The molecule has 0 radical (unpaired) electrons. The molecule has 0 spiro atoms. The summed E-state index contributed by atoms with van der Waals surface area (Å²) in [6.45, 7) is 3.74. The van der Waals surface area contributed by atoms with Crippen molar-refractivity contribution in [1.82, 2.24) is 9.78 Å². The van der Waals surface area contributed by atoms with Gasteiger partial charge < -0.3 is 9.84 Å². The molecule has 0 atom stereocenters.